The van der Waals surface area contributed by atoms with E-state index in [9.17, 15) is 0 Å². The number of hydrogen-bond donors (Lipinski definition) is 1. The lowest BCUT2D eigenvalue weighted by atomic mass is 9.98. The van der Waals surface area contributed by atoms with Gasteiger partial charge in [-0.25, -0.2) is 4.98 Å². The maximum Gasteiger partial charge on any atom is 0.105 e. The van der Waals surface area contributed by atoms with Crippen LogP contribution in [0.25, 0.3) is 0 Å². The average Bonchev–Trinajstić information content (AvgIpc) is 2.72. The van der Waals surface area contributed by atoms with Crippen LogP contribution in [-0.2, 0) is 6.54 Å². The predicted octanol–water partition coefficient (Wildman–Crippen LogP) is 1.19. The van der Waals surface area contributed by atoms with Crippen LogP contribution in [0.1, 0.15) is 18.7 Å². The molecule has 0 spiro atoms. The van der Waals surface area contributed by atoms with Crippen molar-refractivity contribution in [2.75, 3.05) is 19.6 Å². The van der Waals surface area contributed by atoms with Crippen LogP contribution in [0.4, 0.5) is 0 Å². The van der Waals surface area contributed by atoms with Crippen molar-refractivity contribution in [3.63, 3.8) is 0 Å². The van der Waals surface area contributed by atoms with E-state index in [-0.39, 0.29) is 0 Å². The number of nitrogens with two attached hydrogens (primary N) is 1. The minimum absolute atomic E-state index is 0.405. The summed E-state index contributed by atoms with van der Waals surface area (Å²) in [5.74, 6) is 1.48. The molecule has 94 valence electrons. The fraction of sp³-hybridized carbons (Fsp3) is 0.667. The normalized spacial score (nSPS) is 21.6. The largest absolute Gasteiger partial charge is 0.393 e. The number of piperidine rings is 1. The minimum atomic E-state index is 0.405. The molecule has 0 aliphatic carbocycles. The topological polar surface area (TPSA) is 47.1 Å². The molecule has 1 aliphatic heterocycles. The molecule has 1 unspecified atom stereocenters. The lowest BCUT2D eigenvalue weighted by Gasteiger charge is -2.32. The Morgan fingerprint density at radius 2 is 2.41 bits per heavy atom. The van der Waals surface area contributed by atoms with Crippen molar-refractivity contribution in [3.05, 3.63) is 18.2 Å². The van der Waals surface area contributed by atoms with E-state index in [0.717, 1.165) is 38.4 Å². The SMILES string of the molecule is Cc1nccn1CCN1CCCC(C(N)=S)C1. The van der Waals surface area contributed by atoms with Crippen LogP contribution in [0, 0.1) is 12.8 Å². The molecule has 0 amide bonds. The first-order chi connectivity index (χ1) is 8.16. The molecule has 0 radical (unpaired) electrons. The molecule has 1 aromatic heterocycles. The smallest absolute Gasteiger partial charge is 0.105 e. The highest BCUT2D eigenvalue weighted by Crippen LogP contribution is 2.16. The lowest BCUT2D eigenvalue weighted by molar-refractivity contribution is 0.197. The molecule has 0 aromatic carbocycles. The summed E-state index contributed by atoms with van der Waals surface area (Å²) in [5.41, 5.74) is 5.73. The van der Waals surface area contributed by atoms with Crippen LogP contribution in [-0.4, -0.2) is 39.1 Å². The number of aromatic nitrogens is 2. The van der Waals surface area contributed by atoms with E-state index in [1.165, 1.54) is 6.42 Å². The first kappa shape index (κ1) is 12.5. The van der Waals surface area contributed by atoms with E-state index < -0.39 is 0 Å². The van der Waals surface area contributed by atoms with Gasteiger partial charge in [0.1, 0.15) is 5.82 Å². The van der Waals surface area contributed by atoms with Crippen LogP contribution in [0.5, 0.6) is 0 Å². The quantitative estimate of drug-likeness (QED) is 0.818. The Kier molecular flexibility index (Phi) is 4.12. The number of imidazole rings is 1. The second-order valence-electron chi connectivity index (χ2n) is 4.71. The summed E-state index contributed by atoms with van der Waals surface area (Å²) in [6.45, 7) is 6.26. The monoisotopic (exact) mass is 252 g/mol. The molecule has 2 rings (SSSR count). The first-order valence-corrected chi connectivity index (χ1v) is 6.57. The molecule has 4 nitrogen and oxygen atoms in total. The van der Waals surface area contributed by atoms with Crippen LogP contribution < -0.4 is 5.73 Å². The number of nitrogens with zero attached hydrogens (tertiary/aromatic N) is 3. The highest BCUT2D eigenvalue weighted by molar-refractivity contribution is 7.80. The van der Waals surface area contributed by atoms with E-state index in [2.05, 4.69) is 14.5 Å². The van der Waals surface area contributed by atoms with Gasteiger partial charge in [0.2, 0.25) is 0 Å². The van der Waals surface area contributed by atoms with Crippen LogP contribution in [0.3, 0.4) is 0 Å². The Balaban J connectivity index is 1.83. The molecule has 0 bridgehead atoms. The van der Waals surface area contributed by atoms with Crippen LogP contribution >= 0.6 is 12.2 Å². The van der Waals surface area contributed by atoms with E-state index >= 15 is 0 Å². The number of rotatable bonds is 4. The Morgan fingerprint density at radius 3 is 3.06 bits per heavy atom. The Labute approximate surface area is 108 Å². The number of thiocarbonyl (C=S) groups is 1. The van der Waals surface area contributed by atoms with Gasteiger partial charge in [0.25, 0.3) is 0 Å². The fourth-order valence-corrected chi connectivity index (χ4v) is 2.57. The molecular formula is C12H20N4S. The first-order valence-electron chi connectivity index (χ1n) is 6.16. The molecule has 17 heavy (non-hydrogen) atoms. The summed E-state index contributed by atoms with van der Waals surface area (Å²) in [4.78, 5) is 7.35. The number of hydrogen-bond acceptors (Lipinski definition) is 3. The molecule has 2 N–H and O–H groups in total. The number of likely N-dealkylation sites (tertiary alicyclic amines) is 1. The third-order valence-corrected chi connectivity index (χ3v) is 3.82. The third-order valence-electron chi connectivity index (χ3n) is 3.49. The minimum Gasteiger partial charge on any atom is -0.393 e. The van der Waals surface area contributed by atoms with Gasteiger partial charge >= 0.3 is 0 Å². The fourth-order valence-electron chi connectivity index (χ4n) is 2.38. The van der Waals surface area contributed by atoms with Crippen molar-refractivity contribution in [1.82, 2.24) is 14.5 Å². The van der Waals surface area contributed by atoms with Crippen molar-refractivity contribution < 1.29 is 0 Å². The summed E-state index contributed by atoms with van der Waals surface area (Å²) < 4.78 is 2.18. The van der Waals surface area contributed by atoms with Crippen LogP contribution in [0.2, 0.25) is 0 Å². The van der Waals surface area contributed by atoms with Crippen molar-refractivity contribution in [2.45, 2.75) is 26.3 Å². The van der Waals surface area contributed by atoms with Crippen molar-refractivity contribution >= 4 is 17.2 Å². The molecule has 1 aromatic rings. The lowest BCUT2D eigenvalue weighted by Crippen LogP contribution is -2.41. The zero-order chi connectivity index (χ0) is 12.3. The van der Waals surface area contributed by atoms with Gasteiger partial charge in [0.15, 0.2) is 0 Å². The van der Waals surface area contributed by atoms with Gasteiger partial charge in [-0.3, -0.25) is 0 Å². The van der Waals surface area contributed by atoms with Crippen molar-refractivity contribution in [1.29, 1.82) is 0 Å². The summed E-state index contributed by atoms with van der Waals surface area (Å²) in [6.07, 6.45) is 6.23. The molecule has 2 heterocycles. The van der Waals surface area contributed by atoms with Gasteiger partial charge in [0.05, 0.1) is 4.99 Å². The molecular weight excluding hydrogens is 232 g/mol. The maximum atomic E-state index is 5.73. The van der Waals surface area contributed by atoms with Crippen LogP contribution in [0.15, 0.2) is 12.4 Å². The second-order valence-corrected chi connectivity index (χ2v) is 5.18. The van der Waals surface area contributed by atoms with E-state index in [1.54, 1.807) is 0 Å². The Morgan fingerprint density at radius 1 is 1.59 bits per heavy atom. The highest BCUT2D eigenvalue weighted by Gasteiger charge is 2.21. The Bertz CT molecular complexity index is 388. The molecule has 1 saturated heterocycles. The van der Waals surface area contributed by atoms with Crippen molar-refractivity contribution in [3.8, 4) is 0 Å². The van der Waals surface area contributed by atoms with Gasteiger partial charge in [-0.05, 0) is 26.3 Å². The predicted molar refractivity (Wildman–Crippen MR) is 72.9 cm³/mol. The van der Waals surface area contributed by atoms with Gasteiger partial charge < -0.3 is 15.2 Å². The van der Waals surface area contributed by atoms with Gasteiger partial charge in [-0.15, -0.1) is 0 Å². The average molecular weight is 252 g/mol. The summed E-state index contributed by atoms with van der Waals surface area (Å²) in [7, 11) is 0. The maximum absolute atomic E-state index is 5.73. The second kappa shape index (κ2) is 5.60. The third kappa shape index (κ3) is 3.26. The van der Waals surface area contributed by atoms with E-state index in [1.807, 2.05) is 19.3 Å². The molecule has 0 saturated carbocycles. The highest BCUT2D eigenvalue weighted by atomic mass is 32.1. The van der Waals surface area contributed by atoms with Crippen molar-refractivity contribution in [2.24, 2.45) is 11.7 Å². The Hall–Kier alpha value is -0.940. The summed E-state index contributed by atoms with van der Waals surface area (Å²) in [5, 5.41) is 0. The zero-order valence-electron chi connectivity index (χ0n) is 10.3. The van der Waals surface area contributed by atoms with Gasteiger partial charge in [0, 0.05) is 37.9 Å². The molecule has 1 atom stereocenters. The zero-order valence-corrected chi connectivity index (χ0v) is 11.1. The number of aryl methyl sites for hydroxylation is 1. The summed E-state index contributed by atoms with van der Waals surface area (Å²) in [6, 6.07) is 0. The van der Waals surface area contributed by atoms with Gasteiger partial charge in [-0.1, -0.05) is 12.2 Å². The van der Waals surface area contributed by atoms with Gasteiger partial charge in [-0.2, -0.15) is 0 Å². The summed E-state index contributed by atoms with van der Waals surface area (Å²) >= 11 is 5.09. The van der Waals surface area contributed by atoms with E-state index in [0.29, 0.717) is 10.9 Å². The molecule has 5 heteroatoms. The molecule has 1 fully saturated rings. The molecule has 1 aliphatic rings. The van der Waals surface area contributed by atoms with E-state index in [4.69, 9.17) is 18.0 Å². The standard InChI is InChI=1S/C12H20N4S/c1-10-14-4-6-16(10)8-7-15-5-2-3-11(9-15)12(13)17/h4,6,11H,2-3,5,7-9H2,1H3,(H2,13,17).